The van der Waals surface area contributed by atoms with Crippen LogP contribution in [-0.4, -0.2) is 35.8 Å². The number of rotatable bonds is 5. The molecular weight excluding hydrogens is 278 g/mol. The second-order valence-electron chi connectivity index (χ2n) is 4.69. The van der Waals surface area contributed by atoms with Crippen molar-refractivity contribution in [1.29, 1.82) is 0 Å². The molecule has 1 heterocycles. The Balaban J connectivity index is 2.22. The first-order valence-corrected chi connectivity index (χ1v) is 6.34. The van der Waals surface area contributed by atoms with Gasteiger partial charge >= 0.3 is 0 Å². The molecule has 0 aliphatic rings. The minimum absolute atomic E-state index is 0.142. The van der Waals surface area contributed by atoms with Gasteiger partial charge in [-0.1, -0.05) is 12.1 Å². The number of anilines is 2. The molecule has 0 fully saturated rings. The molecule has 112 valence electrons. The van der Waals surface area contributed by atoms with Crippen molar-refractivity contribution in [2.45, 2.75) is 6.04 Å². The van der Waals surface area contributed by atoms with Gasteiger partial charge in [-0.3, -0.25) is 0 Å². The highest BCUT2D eigenvalue weighted by molar-refractivity contribution is 5.43. The van der Waals surface area contributed by atoms with E-state index in [0.29, 0.717) is 5.56 Å². The van der Waals surface area contributed by atoms with Gasteiger partial charge in [0.15, 0.2) is 11.6 Å². The van der Waals surface area contributed by atoms with E-state index in [1.165, 1.54) is 17.0 Å². The Bertz CT molecular complexity index is 604. The first-order valence-electron chi connectivity index (χ1n) is 6.34. The molecule has 1 unspecified atom stereocenters. The third kappa shape index (κ3) is 3.63. The largest absolute Gasteiger partial charge is 0.394 e. The van der Waals surface area contributed by atoms with Crippen LogP contribution in [0.15, 0.2) is 30.5 Å². The monoisotopic (exact) mass is 294 g/mol. The highest BCUT2D eigenvalue weighted by Gasteiger charge is 2.14. The predicted molar refractivity (Wildman–Crippen MR) is 76.2 cm³/mol. The maximum Gasteiger partial charge on any atom is 0.225 e. The van der Waals surface area contributed by atoms with Crippen molar-refractivity contribution < 1.29 is 13.9 Å². The standard InChI is InChI=1S/C14H16F2N4O/c1-20(2)13-11(16)7-17-14(19-13)18-12(8-21)9-3-5-10(15)6-4-9/h3-7,12,21H,8H2,1-2H3,(H,17,18,19). The van der Waals surface area contributed by atoms with Gasteiger partial charge in [0.25, 0.3) is 0 Å². The molecule has 2 aromatic rings. The van der Waals surface area contributed by atoms with Crippen LogP contribution in [0.5, 0.6) is 0 Å². The highest BCUT2D eigenvalue weighted by Crippen LogP contribution is 2.20. The molecule has 0 radical (unpaired) electrons. The van der Waals surface area contributed by atoms with Crippen molar-refractivity contribution >= 4 is 11.8 Å². The van der Waals surface area contributed by atoms with Crippen LogP contribution in [0.2, 0.25) is 0 Å². The van der Waals surface area contributed by atoms with E-state index in [4.69, 9.17) is 0 Å². The molecule has 0 aliphatic carbocycles. The lowest BCUT2D eigenvalue weighted by Gasteiger charge is -2.18. The molecule has 5 nitrogen and oxygen atoms in total. The summed E-state index contributed by atoms with van der Waals surface area (Å²) >= 11 is 0. The van der Waals surface area contributed by atoms with Gasteiger partial charge in [0.2, 0.25) is 5.95 Å². The quantitative estimate of drug-likeness (QED) is 0.883. The number of hydrogen-bond donors (Lipinski definition) is 2. The summed E-state index contributed by atoms with van der Waals surface area (Å²) in [7, 11) is 3.33. The fourth-order valence-electron chi connectivity index (χ4n) is 1.83. The molecule has 2 rings (SSSR count). The van der Waals surface area contributed by atoms with E-state index in [-0.39, 0.29) is 24.2 Å². The van der Waals surface area contributed by atoms with Crippen LogP contribution < -0.4 is 10.2 Å². The number of nitrogens with zero attached hydrogens (tertiary/aromatic N) is 3. The summed E-state index contributed by atoms with van der Waals surface area (Å²) in [6.07, 6.45) is 1.06. The van der Waals surface area contributed by atoms with Crippen LogP contribution in [0, 0.1) is 11.6 Å². The topological polar surface area (TPSA) is 61.3 Å². The molecular formula is C14H16F2N4O. The summed E-state index contributed by atoms with van der Waals surface area (Å²) < 4.78 is 26.4. The van der Waals surface area contributed by atoms with Crippen LogP contribution in [0.4, 0.5) is 20.5 Å². The van der Waals surface area contributed by atoms with Crippen molar-refractivity contribution in [2.75, 3.05) is 30.9 Å². The Morgan fingerprint density at radius 1 is 1.24 bits per heavy atom. The Morgan fingerprint density at radius 2 is 1.90 bits per heavy atom. The van der Waals surface area contributed by atoms with Crippen LogP contribution in [0.1, 0.15) is 11.6 Å². The molecule has 1 aromatic carbocycles. The van der Waals surface area contributed by atoms with Gasteiger partial charge in [-0.2, -0.15) is 4.98 Å². The number of aliphatic hydroxyl groups is 1. The zero-order chi connectivity index (χ0) is 15.4. The summed E-state index contributed by atoms with van der Waals surface area (Å²) in [4.78, 5) is 9.41. The van der Waals surface area contributed by atoms with E-state index in [9.17, 15) is 13.9 Å². The average Bonchev–Trinajstić information content (AvgIpc) is 2.47. The fourth-order valence-corrected chi connectivity index (χ4v) is 1.83. The minimum atomic E-state index is -0.534. The molecule has 21 heavy (non-hydrogen) atoms. The second-order valence-corrected chi connectivity index (χ2v) is 4.69. The molecule has 0 aliphatic heterocycles. The van der Waals surface area contributed by atoms with Crippen LogP contribution >= 0.6 is 0 Å². The van der Waals surface area contributed by atoms with Crippen LogP contribution in [0.3, 0.4) is 0 Å². The second kappa shape index (κ2) is 6.45. The molecule has 7 heteroatoms. The van der Waals surface area contributed by atoms with Gasteiger partial charge < -0.3 is 15.3 Å². The van der Waals surface area contributed by atoms with Crippen molar-refractivity contribution in [3.63, 3.8) is 0 Å². The van der Waals surface area contributed by atoms with E-state index in [1.807, 2.05) is 0 Å². The van der Waals surface area contributed by atoms with E-state index in [1.54, 1.807) is 26.2 Å². The maximum atomic E-state index is 13.5. The van der Waals surface area contributed by atoms with Crippen molar-refractivity contribution in [3.8, 4) is 0 Å². The number of nitrogens with one attached hydrogen (secondary N) is 1. The number of aromatic nitrogens is 2. The van der Waals surface area contributed by atoms with Crippen LogP contribution in [-0.2, 0) is 0 Å². The van der Waals surface area contributed by atoms with Crippen molar-refractivity contribution in [1.82, 2.24) is 9.97 Å². The van der Waals surface area contributed by atoms with Crippen molar-refractivity contribution in [2.24, 2.45) is 0 Å². The molecule has 0 spiro atoms. The van der Waals surface area contributed by atoms with Crippen LogP contribution in [0.25, 0.3) is 0 Å². The van der Waals surface area contributed by atoms with Crippen molar-refractivity contribution in [3.05, 3.63) is 47.7 Å². The fraction of sp³-hybridized carbons (Fsp3) is 0.286. The average molecular weight is 294 g/mol. The first kappa shape index (κ1) is 15.1. The lowest BCUT2D eigenvalue weighted by atomic mass is 10.1. The summed E-state index contributed by atoms with van der Waals surface area (Å²) in [5.41, 5.74) is 0.679. The Kier molecular flexibility index (Phi) is 4.64. The lowest BCUT2D eigenvalue weighted by Crippen LogP contribution is -2.19. The van der Waals surface area contributed by atoms with E-state index in [0.717, 1.165) is 6.20 Å². The third-order valence-corrected chi connectivity index (χ3v) is 2.91. The zero-order valence-corrected chi connectivity index (χ0v) is 11.7. The normalized spacial score (nSPS) is 12.0. The Hall–Kier alpha value is -2.28. The van der Waals surface area contributed by atoms with E-state index >= 15 is 0 Å². The van der Waals surface area contributed by atoms with Gasteiger partial charge in [0.05, 0.1) is 18.8 Å². The van der Waals surface area contributed by atoms with Gasteiger partial charge in [0, 0.05) is 14.1 Å². The van der Waals surface area contributed by atoms with Gasteiger partial charge in [-0.05, 0) is 17.7 Å². The molecule has 0 amide bonds. The van der Waals surface area contributed by atoms with E-state index < -0.39 is 11.9 Å². The summed E-state index contributed by atoms with van der Waals surface area (Å²) in [6.45, 7) is -0.232. The molecule has 1 aromatic heterocycles. The zero-order valence-electron chi connectivity index (χ0n) is 11.7. The third-order valence-electron chi connectivity index (χ3n) is 2.91. The lowest BCUT2D eigenvalue weighted by molar-refractivity contribution is 0.275. The predicted octanol–water partition coefficient (Wildman–Crippen LogP) is 1.97. The minimum Gasteiger partial charge on any atom is -0.394 e. The number of hydrogen-bond acceptors (Lipinski definition) is 5. The molecule has 0 bridgehead atoms. The highest BCUT2D eigenvalue weighted by atomic mass is 19.1. The number of benzene rings is 1. The Labute approximate surface area is 121 Å². The summed E-state index contributed by atoms with van der Waals surface area (Å²) in [5, 5.41) is 12.3. The maximum absolute atomic E-state index is 13.5. The number of halogens is 2. The van der Waals surface area contributed by atoms with Gasteiger partial charge in [0.1, 0.15) is 5.82 Å². The first-order chi connectivity index (χ1) is 10.0. The molecule has 0 saturated carbocycles. The summed E-state index contributed by atoms with van der Waals surface area (Å²) in [5.74, 6) is -0.567. The summed E-state index contributed by atoms with van der Waals surface area (Å²) in [6, 6.07) is 5.21. The van der Waals surface area contributed by atoms with Gasteiger partial charge in [-0.15, -0.1) is 0 Å². The Morgan fingerprint density at radius 3 is 2.48 bits per heavy atom. The smallest absolute Gasteiger partial charge is 0.225 e. The SMILES string of the molecule is CN(C)c1nc(NC(CO)c2ccc(F)cc2)ncc1F. The van der Waals surface area contributed by atoms with E-state index in [2.05, 4.69) is 15.3 Å². The van der Waals surface area contributed by atoms with Gasteiger partial charge in [-0.25, -0.2) is 13.8 Å². The molecule has 2 N–H and O–H groups in total. The molecule has 0 saturated heterocycles. The number of aliphatic hydroxyl groups excluding tert-OH is 1. The molecule has 1 atom stereocenters.